The topological polar surface area (TPSA) is 49.6 Å². The smallest absolute Gasteiger partial charge is 0.226 e. The first-order valence-corrected chi connectivity index (χ1v) is 9.78. The van der Waals surface area contributed by atoms with Crippen LogP contribution >= 0.6 is 0 Å². The van der Waals surface area contributed by atoms with Gasteiger partial charge < -0.3 is 14.2 Å². The summed E-state index contributed by atoms with van der Waals surface area (Å²) in [7, 11) is 2.10. The van der Waals surface area contributed by atoms with Gasteiger partial charge in [-0.1, -0.05) is 12.1 Å². The molecule has 1 atom stereocenters. The molecule has 1 aromatic heterocycles. The normalized spacial score (nSPS) is 21.7. The van der Waals surface area contributed by atoms with Crippen LogP contribution in [0.4, 0.5) is 4.39 Å². The monoisotopic (exact) mass is 371 g/mol. The van der Waals surface area contributed by atoms with Crippen LogP contribution in [0.15, 0.2) is 34.9 Å². The van der Waals surface area contributed by atoms with E-state index in [0.29, 0.717) is 18.1 Å². The Morgan fingerprint density at radius 1 is 1.26 bits per heavy atom. The van der Waals surface area contributed by atoms with E-state index in [-0.39, 0.29) is 23.7 Å². The second kappa shape index (κ2) is 7.80. The SMILES string of the molecule is CN1CCC(C(=O)N2CCC[C@H]2c2ncc(Cc3cccc(F)c3)o2)CC1. The second-order valence-electron chi connectivity index (χ2n) is 7.74. The van der Waals surface area contributed by atoms with E-state index in [2.05, 4.69) is 16.9 Å². The van der Waals surface area contributed by atoms with Gasteiger partial charge in [-0.25, -0.2) is 9.37 Å². The highest BCUT2D eigenvalue weighted by molar-refractivity contribution is 5.79. The second-order valence-corrected chi connectivity index (χ2v) is 7.74. The molecule has 2 aliphatic rings. The largest absolute Gasteiger partial charge is 0.443 e. The zero-order chi connectivity index (χ0) is 18.8. The highest BCUT2D eigenvalue weighted by atomic mass is 19.1. The fourth-order valence-electron chi connectivity index (χ4n) is 4.18. The summed E-state index contributed by atoms with van der Waals surface area (Å²) in [6.07, 6.45) is 5.92. The van der Waals surface area contributed by atoms with Crippen molar-refractivity contribution < 1.29 is 13.6 Å². The molecule has 2 fully saturated rings. The van der Waals surface area contributed by atoms with E-state index in [0.717, 1.165) is 50.9 Å². The zero-order valence-corrected chi connectivity index (χ0v) is 15.7. The van der Waals surface area contributed by atoms with Crippen molar-refractivity contribution in [2.24, 2.45) is 5.92 Å². The van der Waals surface area contributed by atoms with Crippen molar-refractivity contribution >= 4 is 5.91 Å². The van der Waals surface area contributed by atoms with Crippen molar-refractivity contribution in [2.75, 3.05) is 26.7 Å². The van der Waals surface area contributed by atoms with E-state index < -0.39 is 0 Å². The molecule has 1 aromatic carbocycles. The van der Waals surface area contributed by atoms with Crippen molar-refractivity contribution in [1.29, 1.82) is 0 Å². The Kier molecular flexibility index (Phi) is 5.25. The fourth-order valence-corrected chi connectivity index (χ4v) is 4.18. The van der Waals surface area contributed by atoms with Crippen molar-refractivity contribution in [3.8, 4) is 0 Å². The van der Waals surface area contributed by atoms with Crippen LogP contribution in [0.5, 0.6) is 0 Å². The van der Waals surface area contributed by atoms with Crippen molar-refractivity contribution in [3.63, 3.8) is 0 Å². The van der Waals surface area contributed by atoms with Gasteiger partial charge in [0.15, 0.2) is 0 Å². The minimum atomic E-state index is -0.252. The van der Waals surface area contributed by atoms with Gasteiger partial charge in [-0.15, -0.1) is 0 Å². The van der Waals surface area contributed by atoms with Crippen LogP contribution in [0.25, 0.3) is 0 Å². The van der Waals surface area contributed by atoms with Gasteiger partial charge in [0.1, 0.15) is 17.6 Å². The van der Waals surface area contributed by atoms with Crippen LogP contribution in [0.3, 0.4) is 0 Å². The Hall–Kier alpha value is -2.21. The molecule has 0 N–H and O–H groups in total. The van der Waals surface area contributed by atoms with E-state index in [1.165, 1.54) is 12.1 Å². The van der Waals surface area contributed by atoms with Crippen LogP contribution in [0, 0.1) is 11.7 Å². The Labute approximate surface area is 159 Å². The number of hydrogen-bond acceptors (Lipinski definition) is 4. The van der Waals surface area contributed by atoms with Gasteiger partial charge in [-0.2, -0.15) is 0 Å². The third-order valence-corrected chi connectivity index (χ3v) is 5.73. The third-order valence-electron chi connectivity index (χ3n) is 5.73. The molecular weight excluding hydrogens is 345 g/mol. The molecule has 4 rings (SSSR count). The van der Waals surface area contributed by atoms with Gasteiger partial charge >= 0.3 is 0 Å². The number of likely N-dealkylation sites (tertiary alicyclic amines) is 2. The number of carbonyl (C=O) groups excluding carboxylic acids is 1. The number of halogens is 1. The molecule has 0 unspecified atom stereocenters. The van der Waals surface area contributed by atoms with E-state index in [1.54, 1.807) is 12.3 Å². The number of rotatable bonds is 4. The summed E-state index contributed by atoms with van der Waals surface area (Å²) in [6, 6.07) is 6.43. The predicted molar refractivity (Wildman–Crippen MR) is 99.6 cm³/mol. The maximum atomic E-state index is 13.4. The molecule has 6 heteroatoms. The van der Waals surface area contributed by atoms with E-state index in [4.69, 9.17) is 4.42 Å². The first-order chi connectivity index (χ1) is 13.1. The fraction of sp³-hybridized carbons (Fsp3) is 0.524. The van der Waals surface area contributed by atoms with Gasteiger partial charge in [0.25, 0.3) is 0 Å². The van der Waals surface area contributed by atoms with E-state index >= 15 is 0 Å². The van der Waals surface area contributed by atoms with Gasteiger partial charge in [0.05, 0.1) is 6.20 Å². The molecule has 2 aromatic rings. The quantitative estimate of drug-likeness (QED) is 0.826. The average Bonchev–Trinajstić information content (AvgIpc) is 3.31. The summed E-state index contributed by atoms with van der Waals surface area (Å²) in [5.41, 5.74) is 0.850. The van der Waals surface area contributed by atoms with Gasteiger partial charge in [-0.3, -0.25) is 4.79 Å². The van der Waals surface area contributed by atoms with Gasteiger partial charge in [0.2, 0.25) is 11.8 Å². The summed E-state index contributed by atoms with van der Waals surface area (Å²) in [5.74, 6) is 1.42. The van der Waals surface area contributed by atoms with Crippen molar-refractivity contribution in [2.45, 2.75) is 38.1 Å². The molecule has 3 heterocycles. The summed E-state index contributed by atoms with van der Waals surface area (Å²) >= 11 is 0. The van der Waals surface area contributed by atoms with Crippen LogP contribution in [0.1, 0.15) is 48.9 Å². The number of benzene rings is 1. The van der Waals surface area contributed by atoms with Crippen molar-refractivity contribution in [1.82, 2.24) is 14.8 Å². The number of aromatic nitrogens is 1. The number of nitrogens with zero attached hydrogens (tertiary/aromatic N) is 3. The molecule has 0 aliphatic carbocycles. The molecule has 1 amide bonds. The molecule has 0 radical (unpaired) electrons. The highest BCUT2D eigenvalue weighted by Gasteiger charge is 2.37. The molecule has 144 valence electrons. The van der Waals surface area contributed by atoms with E-state index in [9.17, 15) is 9.18 Å². The third kappa shape index (κ3) is 4.05. The molecule has 2 aliphatic heterocycles. The summed E-state index contributed by atoms with van der Waals surface area (Å²) in [5, 5.41) is 0. The van der Waals surface area contributed by atoms with Crippen LogP contribution in [-0.2, 0) is 11.2 Å². The lowest BCUT2D eigenvalue weighted by Gasteiger charge is -2.32. The lowest BCUT2D eigenvalue weighted by Crippen LogP contribution is -2.41. The number of carbonyl (C=O) groups is 1. The first-order valence-electron chi connectivity index (χ1n) is 9.78. The summed E-state index contributed by atoms with van der Waals surface area (Å²) in [4.78, 5) is 21.7. The van der Waals surface area contributed by atoms with Crippen LogP contribution in [-0.4, -0.2) is 47.4 Å². The molecule has 0 bridgehead atoms. The molecule has 0 saturated carbocycles. The number of piperidine rings is 1. The number of amides is 1. The van der Waals surface area contributed by atoms with Gasteiger partial charge in [0, 0.05) is 18.9 Å². The lowest BCUT2D eigenvalue weighted by molar-refractivity contribution is -0.138. The molecular formula is C21H26FN3O2. The Morgan fingerprint density at radius 2 is 2.07 bits per heavy atom. The molecule has 5 nitrogen and oxygen atoms in total. The first kappa shape index (κ1) is 18.2. The predicted octanol–water partition coefficient (Wildman–Crippen LogP) is 3.41. The maximum absolute atomic E-state index is 13.4. The Morgan fingerprint density at radius 3 is 2.85 bits per heavy atom. The standard InChI is InChI=1S/C21H26FN3O2/c1-24-10-7-16(8-11-24)21(26)25-9-3-6-19(25)20-23-14-18(27-20)13-15-4-2-5-17(22)12-15/h2,4-5,12,14,16,19H,3,6-11,13H2,1H3/t19-/m0/s1. The number of hydrogen-bond donors (Lipinski definition) is 0. The zero-order valence-electron chi connectivity index (χ0n) is 15.7. The van der Waals surface area contributed by atoms with Crippen LogP contribution in [0.2, 0.25) is 0 Å². The summed E-state index contributed by atoms with van der Waals surface area (Å²) in [6.45, 7) is 2.73. The maximum Gasteiger partial charge on any atom is 0.226 e. The van der Waals surface area contributed by atoms with E-state index in [1.807, 2.05) is 11.0 Å². The molecule has 2 saturated heterocycles. The summed E-state index contributed by atoms with van der Waals surface area (Å²) < 4.78 is 19.3. The number of oxazole rings is 1. The minimum Gasteiger partial charge on any atom is -0.443 e. The van der Waals surface area contributed by atoms with Crippen LogP contribution < -0.4 is 0 Å². The highest BCUT2D eigenvalue weighted by Crippen LogP contribution is 2.34. The van der Waals surface area contributed by atoms with Gasteiger partial charge in [-0.05, 0) is 63.5 Å². The Balaban J connectivity index is 1.44. The average molecular weight is 371 g/mol. The molecule has 0 spiro atoms. The minimum absolute atomic E-state index is 0.0709. The lowest BCUT2D eigenvalue weighted by atomic mass is 9.95. The Bertz CT molecular complexity index is 798. The molecule has 27 heavy (non-hydrogen) atoms. The van der Waals surface area contributed by atoms with Crippen molar-refractivity contribution in [3.05, 3.63) is 53.5 Å².